The fourth-order valence-electron chi connectivity index (χ4n) is 1.53. The summed E-state index contributed by atoms with van der Waals surface area (Å²) in [5, 5.41) is 17.0. The van der Waals surface area contributed by atoms with Crippen LogP contribution in [0, 0.1) is 0 Å². The van der Waals surface area contributed by atoms with Crippen molar-refractivity contribution >= 4 is 21.9 Å². The molecule has 15 heavy (non-hydrogen) atoms. The standard InChI is InChI=1S/C9H9BrO.C2H4O2/c10-8-5-6-3-1-2-4-7(6)9(8)11;1-2(3)4/h1-4,8-9,11H,5H2;1H3,(H,3,4)/t8-,9-;/m0./s1. The van der Waals surface area contributed by atoms with Crippen LogP contribution in [0.3, 0.4) is 0 Å². The van der Waals surface area contributed by atoms with E-state index in [9.17, 15) is 5.11 Å². The van der Waals surface area contributed by atoms with E-state index in [0.717, 1.165) is 18.9 Å². The average Bonchev–Trinajstić information content (AvgIpc) is 2.43. The van der Waals surface area contributed by atoms with Gasteiger partial charge in [-0.25, -0.2) is 0 Å². The molecule has 0 fully saturated rings. The zero-order valence-electron chi connectivity index (χ0n) is 8.35. The van der Waals surface area contributed by atoms with Crippen LogP contribution in [0.15, 0.2) is 24.3 Å². The van der Waals surface area contributed by atoms with E-state index in [1.54, 1.807) is 0 Å². The largest absolute Gasteiger partial charge is 0.481 e. The molecule has 0 saturated carbocycles. The van der Waals surface area contributed by atoms with Gasteiger partial charge in [-0.05, 0) is 17.5 Å². The molecule has 2 N–H and O–H groups in total. The van der Waals surface area contributed by atoms with Crippen LogP contribution in [-0.4, -0.2) is 21.0 Å². The van der Waals surface area contributed by atoms with Gasteiger partial charge in [0.15, 0.2) is 0 Å². The van der Waals surface area contributed by atoms with E-state index < -0.39 is 5.97 Å². The van der Waals surface area contributed by atoms with Gasteiger partial charge >= 0.3 is 0 Å². The molecule has 1 aliphatic rings. The first-order valence-electron chi connectivity index (χ1n) is 4.62. The highest BCUT2D eigenvalue weighted by atomic mass is 79.9. The van der Waals surface area contributed by atoms with Crippen LogP contribution in [0.1, 0.15) is 24.2 Å². The number of hydrogen-bond donors (Lipinski definition) is 2. The van der Waals surface area contributed by atoms with Gasteiger partial charge in [0, 0.05) is 11.8 Å². The highest BCUT2D eigenvalue weighted by Crippen LogP contribution is 2.35. The number of aliphatic hydroxyl groups is 1. The predicted molar refractivity (Wildman–Crippen MR) is 61.1 cm³/mol. The third-order valence-electron chi connectivity index (χ3n) is 2.13. The molecule has 0 bridgehead atoms. The van der Waals surface area contributed by atoms with Crippen LogP contribution in [0.25, 0.3) is 0 Å². The van der Waals surface area contributed by atoms with Crippen molar-refractivity contribution in [3.8, 4) is 0 Å². The molecule has 0 saturated heterocycles. The molecular formula is C11H13BrO3. The number of alkyl halides is 1. The minimum absolute atomic E-state index is 0.208. The second-order valence-corrected chi connectivity index (χ2v) is 4.56. The van der Waals surface area contributed by atoms with E-state index in [1.807, 2.05) is 18.2 Å². The molecule has 2 atom stereocenters. The molecule has 1 aromatic carbocycles. The molecule has 82 valence electrons. The molecule has 0 amide bonds. The Hall–Kier alpha value is -0.870. The topological polar surface area (TPSA) is 57.5 Å². The fourth-order valence-corrected chi connectivity index (χ4v) is 2.16. The van der Waals surface area contributed by atoms with E-state index in [0.29, 0.717) is 0 Å². The summed E-state index contributed by atoms with van der Waals surface area (Å²) in [6, 6.07) is 8.03. The van der Waals surface area contributed by atoms with Gasteiger partial charge < -0.3 is 10.2 Å². The van der Waals surface area contributed by atoms with Crippen molar-refractivity contribution in [2.75, 3.05) is 0 Å². The van der Waals surface area contributed by atoms with Crippen molar-refractivity contribution < 1.29 is 15.0 Å². The summed E-state index contributed by atoms with van der Waals surface area (Å²) in [6.45, 7) is 1.08. The van der Waals surface area contributed by atoms with E-state index in [1.165, 1.54) is 5.56 Å². The van der Waals surface area contributed by atoms with Gasteiger partial charge in [0.1, 0.15) is 0 Å². The zero-order valence-corrected chi connectivity index (χ0v) is 9.94. The van der Waals surface area contributed by atoms with Crippen molar-refractivity contribution in [3.63, 3.8) is 0 Å². The maximum Gasteiger partial charge on any atom is 0.300 e. The monoisotopic (exact) mass is 272 g/mol. The number of halogens is 1. The molecule has 0 aromatic heterocycles. The minimum atomic E-state index is -0.833. The van der Waals surface area contributed by atoms with Crippen molar-refractivity contribution in [1.82, 2.24) is 0 Å². The molecule has 0 spiro atoms. The lowest BCUT2D eigenvalue weighted by Crippen LogP contribution is -2.03. The van der Waals surface area contributed by atoms with Crippen LogP contribution < -0.4 is 0 Å². The summed E-state index contributed by atoms with van der Waals surface area (Å²) >= 11 is 3.43. The Bertz CT molecular complexity index is 347. The molecule has 1 aromatic rings. The van der Waals surface area contributed by atoms with Gasteiger partial charge in [-0.3, -0.25) is 4.79 Å². The Morgan fingerprint density at radius 2 is 2.00 bits per heavy atom. The highest BCUT2D eigenvalue weighted by molar-refractivity contribution is 9.09. The maximum absolute atomic E-state index is 9.60. The summed E-state index contributed by atoms with van der Waals surface area (Å²) in [6.07, 6.45) is 0.628. The highest BCUT2D eigenvalue weighted by Gasteiger charge is 2.27. The first kappa shape index (κ1) is 12.2. The van der Waals surface area contributed by atoms with Crippen LogP contribution in [0.4, 0.5) is 0 Å². The number of fused-ring (bicyclic) bond motifs is 1. The normalized spacial score (nSPS) is 22.6. The minimum Gasteiger partial charge on any atom is -0.481 e. The van der Waals surface area contributed by atoms with E-state index in [2.05, 4.69) is 22.0 Å². The van der Waals surface area contributed by atoms with E-state index in [-0.39, 0.29) is 10.9 Å². The molecule has 3 nitrogen and oxygen atoms in total. The zero-order chi connectivity index (χ0) is 11.4. The molecule has 0 heterocycles. The van der Waals surface area contributed by atoms with Gasteiger partial charge in [0.2, 0.25) is 0 Å². The summed E-state index contributed by atoms with van der Waals surface area (Å²) in [5.74, 6) is -0.833. The average molecular weight is 273 g/mol. The molecule has 1 aliphatic carbocycles. The number of carboxylic acids is 1. The summed E-state index contributed by atoms with van der Waals surface area (Å²) in [5.41, 5.74) is 2.34. The number of benzene rings is 1. The van der Waals surface area contributed by atoms with Gasteiger partial charge in [0.05, 0.1) is 6.10 Å². The number of rotatable bonds is 0. The lowest BCUT2D eigenvalue weighted by molar-refractivity contribution is -0.134. The first-order valence-corrected chi connectivity index (χ1v) is 5.53. The Morgan fingerprint density at radius 1 is 1.47 bits per heavy atom. The second kappa shape index (κ2) is 5.28. The third-order valence-corrected chi connectivity index (χ3v) is 2.96. The van der Waals surface area contributed by atoms with Crippen LogP contribution in [0.5, 0.6) is 0 Å². The van der Waals surface area contributed by atoms with Gasteiger partial charge in [0.25, 0.3) is 5.97 Å². The number of aliphatic hydroxyl groups excluding tert-OH is 1. The lowest BCUT2D eigenvalue weighted by Gasteiger charge is -2.05. The number of carboxylic acid groups (broad SMARTS) is 1. The number of carbonyl (C=O) groups is 1. The quantitative estimate of drug-likeness (QED) is 0.712. The van der Waals surface area contributed by atoms with Crippen molar-refractivity contribution in [1.29, 1.82) is 0 Å². The third kappa shape index (κ3) is 3.32. The maximum atomic E-state index is 9.60. The molecule has 0 radical (unpaired) electrons. The molecular weight excluding hydrogens is 260 g/mol. The molecule has 0 unspecified atom stereocenters. The van der Waals surface area contributed by atoms with E-state index >= 15 is 0 Å². The summed E-state index contributed by atoms with van der Waals surface area (Å²) in [4.78, 5) is 9.21. The van der Waals surface area contributed by atoms with E-state index in [4.69, 9.17) is 9.90 Å². The Kier molecular flexibility index (Phi) is 4.29. The predicted octanol–water partition coefficient (Wildman–Crippen LogP) is 2.13. The van der Waals surface area contributed by atoms with Crippen molar-refractivity contribution in [3.05, 3.63) is 35.4 Å². The molecule has 4 heteroatoms. The molecule has 2 rings (SSSR count). The number of hydrogen-bond acceptors (Lipinski definition) is 2. The Labute approximate surface area is 96.9 Å². The first-order chi connectivity index (χ1) is 7.02. The SMILES string of the molecule is CC(=O)O.O[C@H]1c2ccccc2C[C@@H]1Br. The van der Waals surface area contributed by atoms with Crippen molar-refractivity contribution in [2.45, 2.75) is 24.3 Å². The van der Waals surface area contributed by atoms with Crippen LogP contribution in [-0.2, 0) is 11.2 Å². The Balaban J connectivity index is 0.000000245. The van der Waals surface area contributed by atoms with Gasteiger partial charge in [-0.2, -0.15) is 0 Å². The van der Waals surface area contributed by atoms with Crippen molar-refractivity contribution in [2.24, 2.45) is 0 Å². The second-order valence-electron chi connectivity index (χ2n) is 3.38. The van der Waals surface area contributed by atoms with Crippen LogP contribution >= 0.6 is 15.9 Å². The summed E-state index contributed by atoms with van der Waals surface area (Å²) in [7, 11) is 0. The summed E-state index contributed by atoms with van der Waals surface area (Å²) < 4.78 is 0. The van der Waals surface area contributed by atoms with Gasteiger partial charge in [-0.15, -0.1) is 0 Å². The van der Waals surface area contributed by atoms with Crippen LogP contribution in [0.2, 0.25) is 0 Å². The van der Waals surface area contributed by atoms with Gasteiger partial charge in [-0.1, -0.05) is 40.2 Å². The molecule has 0 aliphatic heterocycles. The lowest BCUT2D eigenvalue weighted by atomic mass is 10.1. The fraction of sp³-hybridized carbons (Fsp3) is 0.364. The smallest absolute Gasteiger partial charge is 0.300 e. The Morgan fingerprint density at radius 3 is 2.53 bits per heavy atom. The number of aliphatic carboxylic acids is 1.